The van der Waals surface area contributed by atoms with Crippen LogP contribution in [0.25, 0.3) is 0 Å². The van der Waals surface area contributed by atoms with Crippen LogP contribution in [0.3, 0.4) is 0 Å². The lowest BCUT2D eigenvalue weighted by molar-refractivity contribution is -0.130. The molecule has 0 spiro atoms. The summed E-state index contributed by atoms with van der Waals surface area (Å²) in [5.74, 6) is 1.51. The molecule has 3 aliphatic rings. The van der Waals surface area contributed by atoms with Crippen molar-refractivity contribution in [2.45, 2.75) is 49.8 Å². The Balaban J connectivity index is 1.39. The highest BCUT2D eigenvalue weighted by molar-refractivity contribution is 8.00. The lowest BCUT2D eigenvalue weighted by Gasteiger charge is -2.37. The fraction of sp³-hybridized carbons (Fsp3) is 0.938. The van der Waals surface area contributed by atoms with Gasteiger partial charge in [0.25, 0.3) is 0 Å². The van der Waals surface area contributed by atoms with Gasteiger partial charge in [-0.05, 0) is 19.3 Å². The number of hydrogen-bond acceptors (Lipinski definition) is 5. The summed E-state index contributed by atoms with van der Waals surface area (Å²) in [6, 6.07) is 0.175. The SMILES string of the molecule is O=C(CSC1CCCCC1)N1CCN(C2CCS(=O)(=O)C2)CC1. The molecule has 0 aromatic rings. The van der Waals surface area contributed by atoms with Gasteiger partial charge in [0.2, 0.25) is 5.91 Å². The van der Waals surface area contributed by atoms with Gasteiger partial charge in [0.15, 0.2) is 9.84 Å². The quantitative estimate of drug-likeness (QED) is 0.758. The molecule has 0 N–H and O–H groups in total. The number of piperazine rings is 1. The van der Waals surface area contributed by atoms with E-state index in [0.29, 0.717) is 22.5 Å². The minimum atomic E-state index is -2.82. The molecule has 2 aliphatic heterocycles. The van der Waals surface area contributed by atoms with E-state index < -0.39 is 9.84 Å². The smallest absolute Gasteiger partial charge is 0.232 e. The monoisotopic (exact) mass is 360 g/mol. The molecule has 3 rings (SSSR count). The molecule has 2 heterocycles. The molecule has 0 aromatic heterocycles. The van der Waals surface area contributed by atoms with Gasteiger partial charge < -0.3 is 4.90 Å². The lowest BCUT2D eigenvalue weighted by atomic mass is 10.0. The Bertz CT molecular complexity index is 509. The van der Waals surface area contributed by atoms with Crippen molar-refractivity contribution in [2.24, 2.45) is 0 Å². The Labute approximate surface area is 144 Å². The average Bonchev–Trinajstić information content (AvgIpc) is 2.94. The summed E-state index contributed by atoms with van der Waals surface area (Å²) in [5.41, 5.74) is 0. The molecule has 5 nitrogen and oxygen atoms in total. The van der Waals surface area contributed by atoms with Gasteiger partial charge in [-0.2, -0.15) is 0 Å². The second kappa shape index (κ2) is 7.74. The highest BCUT2D eigenvalue weighted by Crippen LogP contribution is 2.28. The normalized spacial score (nSPS) is 29.7. The summed E-state index contributed by atoms with van der Waals surface area (Å²) in [5, 5.41) is 0.678. The third kappa shape index (κ3) is 4.86. The molecule has 1 atom stereocenters. The molecular weight excluding hydrogens is 332 g/mol. The number of hydrogen-bond donors (Lipinski definition) is 0. The first-order valence-electron chi connectivity index (χ1n) is 8.87. The first-order chi connectivity index (χ1) is 11.0. The van der Waals surface area contributed by atoms with Gasteiger partial charge in [0.1, 0.15) is 0 Å². The standard InChI is InChI=1S/C16H28N2O3S2/c19-16(12-22-15-4-2-1-3-5-15)18-9-7-17(8-10-18)14-6-11-23(20,21)13-14/h14-15H,1-13H2. The summed E-state index contributed by atoms with van der Waals surface area (Å²) in [6.07, 6.45) is 7.27. The van der Waals surface area contributed by atoms with Crippen LogP contribution in [0.4, 0.5) is 0 Å². The average molecular weight is 361 g/mol. The predicted octanol–water partition coefficient (Wildman–Crippen LogP) is 1.38. The van der Waals surface area contributed by atoms with Gasteiger partial charge in [-0.1, -0.05) is 19.3 Å². The second-order valence-corrected chi connectivity index (χ2v) is 10.6. The molecule has 1 saturated carbocycles. The summed E-state index contributed by atoms with van der Waals surface area (Å²) in [4.78, 5) is 16.6. The number of carbonyl (C=O) groups is 1. The molecule has 3 fully saturated rings. The molecule has 0 bridgehead atoms. The van der Waals surface area contributed by atoms with Crippen molar-refractivity contribution in [1.82, 2.24) is 9.80 Å². The Morgan fingerprint density at radius 2 is 1.70 bits per heavy atom. The van der Waals surface area contributed by atoms with E-state index in [1.165, 1.54) is 32.1 Å². The number of thioether (sulfide) groups is 1. The van der Waals surface area contributed by atoms with E-state index in [9.17, 15) is 13.2 Å². The summed E-state index contributed by atoms with van der Waals surface area (Å²) < 4.78 is 23.2. The Morgan fingerprint density at radius 3 is 2.30 bits per heavy atom. The number of amides is 1. The minimum absolute atomic E-state index is 0.175. The highest BCUT2D eigenvalue weighted by Gasteiger charge is 2.34. The van der Waals surface area contributed by atoms with Gasteiger partial charge in [0.05, 0.1) is 17.3 Å². The van der Waals surface area contributed by atoms with Crippen LogP contribution in [0, 0.1) is 0 Å². The van der Waals surface area contributed by atoms with Crippen molar-refractivity contribution in [3.8, 4) is 0 Å². The van der Waals surface area contributed by atoms with Crippen molar-refractivity contribution in [1.29, 1.82) is 0 Å². The van der Waals surface area contributed by atoms with E-state index in [1.807, 2.05) is 16.7 Å². The molecule has 0 radical (unpaired) electrons. The molecule has 1 aliphatic carbocycles. The zero-order valence-corrected chi connectivity index (χ0v) is 15.4. The van der Waals surface area contributed by atoms with E-state index in [2.05, 4.69) is 4.90 Å². The second-order valence-electron chi connectivity index (χ2n) is 7.04. The maximum atomic E-state index is 12.4. The van der Waals surface area contributed by atoms with Crippen LogP contribution in [0.5, 0.6) is 0 Å². The van der Waals surface area contributed by atoms with Crippen molar-refractivity contribution >= 4 is 27.5 Å². The first-order valence-corrected chi connectivity index (χ1v) is 11.7. The maximum absolute atomic E-state index is 12.4. The van der Waals surface area contributed by atoms with Crippen LogP contribution in [0.15, 0.2) is 0 Å². The van der Waals surface area contributed by atoms with E-state index in [4.69, 9.17) is 0 Å². The van der Waals surface area contributed by atoms with Crippen LogP contribution in [0.2, 0.25) is 0 Å². The first kappa shape index (κ1) is 17.5. The van der Waals surface area contributed by atoms with Crippen molar-refractivity contribution in [3.63, 3.8) is 0 Å². The fourth-order valence-corrected chi connectivity index (χ4v) is 6.90. The molecule has 1 amide bonds. The van der Waals surface area contributed by atoms with Crippen molar-refractivity contribution in [2.75, 3.05) is 43.4 Å². The minimum Gasteiger partial charge on any atom is -0.339 e. The Morgan fingerprint density at radius 1 is 1.00 bits per heavy atom. The van der Waals surface area contributed by atoms with Crippen molar-refractivity contribution in [3.05, 3.63) is 0 Å². The van der Waals surface area contributed by atoms with E-state index in [0.717, 1.165) is 32.6 Å². The van der Waals surface area contributed by atoms with Crippen LogP contribution < -0.4 is 0 Å². The number of sulfone groups is 1. The van der Waals surface area contributed by atoms with Crippen molar-refractivity contribution < 1.29 is 13.2 Å². The zero-order valence-electron chi connectivity index (χ0n) is 13.8. The summed E-state index contributed by atoms with van der Waals surface area (Å²) in [6.45, 7) is 3.14. The topological polar surface area (TPSA) is 57.7 Å². The largest absolute Gasteiger partial charge is 0.339 e. The van der Waals surface area contributed by atoms with Crippen LogP contribution in [0.1, 0.15) is 38.5 Å². The van der Waals surface area contributed by atoms with Crippen LogP contribution in [-0.2, 0) is 14.6 Å². The predicted molar refractivity (Wildman–Crippen MR) is 94.5 cm³/mol. The summed E-state index contributed by atoms with van der Waals surface area (Å²) in [7, 11) is -2.82. The lowest BCUT2D eigenvalue weighted by Crippen LogP contribution is -2.52. The number of rotatable bonds is 4. The van der Waals surface area contributed by atoms with Crippen LogP contribution >= 0.6 is 11.8 Å². The molecule has 132 valence electrons. The fourth-order valence-electron chi connectivity index (χ4n) is 3.91. The maximum Gasteiger partial charge on any atom is 0.232 e. The highest BCUT2D eigenvalue weighted by atomic mass is 32.2. The third-order valence-corrected chi connectivity index (χ3v) is 8.49. The molecule has 2 saturated heterocycles. The molecule has 23 heavy (non-hydrogen) atoms. The molecule has 0 aromatic carbocycles. The van der Waals surface area contributed by atoms with Gasteiger partial charge in [-0.25, -0.2) is 8.42 Å². The molecule has 7 heteroatoms. The Kier molecular flexibility index (Phi) is 5.91. The van der Waals surface area contributed by atoms with Crippen LogP contribution in [-0.4, -0.2) is 78.9 Å². The van der Waals surface area contributed by atoms with Gasteiger partial charge in [-0.3, -0.25) is 9.69 Å². The molecule has 1 unspecified atom stereocenters. The van der Waals surface area contributed by atoms with E-state index >= 15 is 0 Å². The van der Waals surface area contributed by atoms with E-state index in [-0.39, 0.29) is 11.9 Å². The van der Waals surface area contributed by atoms with Gasteiger partial charge in [0, 0.05) is 37.5 Å². The van der Waals surface area contributed by atoms with E-state index in [1.54, 1.807) is 0 Å². The molecular formula is C16H28N2O3S2. The Hall–Kier alpha value is -0.270. The number of carbonyl (C=O) groups excluding carboxylic acids is 1. The third-order valence-electron chi connectivity index (χ3n) is 5.39. The zero-order chi connectivity index (χ0) is 16.3. The number of nitrogens with zero attached hydrogens (tertiary/aromatic N) is 2. The summed E-state index contributed by atoms with van der Waals surface area (Å²) >= 11 is 1.84. The van der Waals surface area contributed by atoms with Gasteiger partial charge in [-0.15, -0.1) is 11.8 Å². The van der Waals surface area contributed by atoms with Gasteiger partial charge >= 0.3 is 0 Å².